The van der Waals surface area contributed by atoms with Gasteiger partial charge in [0.25, 0.3) is 0 Å². The number of nitrogens with zero attached hydrogens (tertiary/aromatic N) is 1. The Labute approximate surface area is 362 Å². The van der Waals surface area contributed by atoms with Crippen LogP contribution in [-0.4, -0.2) is 97.3 Å². The van der Waals surface area contributed by atoms with E-state index < -0.39 is 44.7 Å². The van der Waals surface area contributed by atoms with Gasteiger partial charge < -0.3 is 29.1 Å². The van der Waals surface area contributed by atoms with Crippen molar-refractivity contribution in [3.05, 3.63) is 122 Å². The minimum absolute atomic E-state index is 0.0136. The van der Waals surface area contributed by atoms with Crippen LogP contribution in [-0.2, 0) is 32.7 Å². The molecule has 12 heteroatoms. The standard InChI is InChI=1S/C48H76NO10P/c1-6-8-10-11-12-13-14-15-16-17-18-19-20-25-33-39-48(53)59-46(43-58-60(54,55)57-41-40-49(3,4)5)42-56-47(52)38-32-24-22-21-23-29-35-45(51)37-31-27-26-30-36-44(50)34-28-9-7-2/h8-10,12-13,15-16,18-19,22-24,26-31,36-37,44-46,50-51H,6-7,11,14,17,20-21,25,32-35,38-43H2,1-5H3/p+1/b10-8-,13-12-,16-15-,19-18-,24-22-,27-26-,28-9-,29-23-,36-30+,37-31+/t44-,45+,46-/m1/s1. The van der Waals surface area contributed by atoms with Crippen molar-refractivity contribution in [3.63, 3.8) is 0 Å². The number of hydrogen-bond acceptors (Lipinski definition) is 9. The Morgan fingerprint density at radius 2 is 1.10 bits per heavy atom. The lowest BCUT2D eigenvalue weighted by Crippen LogP contribution is -2.37. The summed E-state index contributed by atoms with van der Waals surface area (Å²) in [5, 5.41) is 20.0. The van der Waals surface area contributed by atoms with Crippen LogP contribution in [0.15, 0.2) is 122 Å². The van der Waals surface area contributed by atoms with Crippen molar-refractivity contribution in [1.29, 1.82) is 0 Å². The first-order chi connectivity index (χ1) is 28.8. The van der Waals surface area contributed by atoms with Crippen LogP contribution in [0.2, 0.25) is 0 Å². The van der Waals surface area contributed by atoms with Gasteiger partial charge in [-0.05, 0) is 77.0 Å². The van der Waals surface area contributed by atoms with Crippen molar-refractivity contribution in [3.8, 4) is 0 Å². The van der Waals surface area contributed by atoms with Crippen LogP contribution in [0.5, 0.6) is 0 Å². The molecule has 0 aliphatic heterocycles. The number of hydrogen-bond donors (Lipinski definition) is 3. The second kappa shape index (κ2) is 38.3. The van der Waals surface area contributed by atoms with Gasteiger partial charge in [0.2, 0.25) is 0 Å². The fourth-order valence-corrected chi connectivity index (χ4v) is 5.53. The number of phosphoric ester groups is 1. The highest BCUT2D eigenvalue weighted by atomic mass is 31.2. The van der Waals surface area contributed by atoms with Gasteiger partial charge in [0, 0.05) is 12.8 Å². The fraction of sp³-hybridized carbons (Fsp3) is 0.542. The zero-order valence-electron chi connectivity index (χ0n) is 37.1. The van der Waals surface area contributed by atoms with E-state index in [1.165, 1.54) is 0 Å². The van der Waals surface area contributed by atoms with Crippen molar-refractivity contribution < 1.29 is 52.3 Å². The number of phosphoric acid groups is 1. The molecule has 0 bridgehead atoms. The zero-order valence-corrected chi connectivity index (χ0v) is 38.0. The summed E-state index contributed by atoms with van der Waals surface area (Å²) < 4.78 is 34.0. The van der Waals surface area contributed by atoms with E-state index in [1.54, 1.807) is 36.5 Å². The van der Waals surface area contributed by atoms with E-state index in [4.69, 9.17) is 18.5 Å². The van der Waals surface area contributed by atoms with E-state index in [0.29, 0.717) is 43.1 Å². The van der Waals surface area contributed by atoms with E-state index in [1.807, 2.05) is 64.5 Å². The van der Waals surface area contributed by atoms with Gasteiger partial charge >= 0.3 is 19.8 Å². The first kappa shape index (κ1) is 56.3. The SMILES string of the molecule is CC/C=C\C/C=C\C/C=C\C/C=C\CCCCC(=O)O[C@H](COC(=O)CC/C=C\C/C=C\C[C@H](O)/C=C/C=C\C=C\[C@H](O)C/C=C\CC)COP(=O)(O)OCC[N+](C)(C)C. The van der Waals surface area contributed by atoms with E-state index in [-0.39, 0.29) is 26.1 Å². The number of ether oxygens (including phenoxy) is 2. The Hall–Kier alpha value is -3.67. The second-order valence-corrected chi connectivity index (χ2v) is 16.5. The lowest BCUT2D eigenvalue weighted by molar-refractivity contribution is -0.870. The monoisotopic (exact) mass is 859 g/mol. The molecular weight excluding hydrogens is 781 g/mol. The highest BCUT2D eigenvalue weighted by Crippen LogP contribution is 2.43. The predicted molar refractivity (Wildman–Crippen MR) is 245 cm³/mol. The molecule has 0 saturated carbocycles. The molecule has 3 N–H and O–H groups in total. The quantitative estimate of drug-likeness (QED) is 0.0139. The molecule has 0 rings (SSSR count). The van der Waals surface area contributed by atoms with Crippen LogP contribution in [0.1, 0.15) is 104 Å². The summed E-state index contributed by atoms with van der Waals surface area (Å²) in [6, 6.07) is 0. The number of esters is 2. The summed E-state index contributed by atoms with van der Waals surface area (Å²) in [6.45, 7) is 3.82. The molecule has 0 spiro atoms. The molecule has 0 heterocycles. The van der Waals surface area contributed by atoms with Gasteiger partial charge in [0.05, 0.1) is 40.0 Å². The Morgan fingerprint density at radius 3 is 1.67 bits per heavy atom. The number of likely N-dealkylation sites (N-methyl/N-ethyl adjacent to an activating group) is 1. The number of carbonyl (C=O) groups is 2. The second-order valence-electron chi connectivity index (χ2n) is 15.0. The van der Waals surface area contributed by atoms with Crippen LogP contribution < -0.4 is 0 Å². The van der Waals surface area contributed by atoms with Crippen molar-refractivity contribution in [2.45, 2.75) is 122 Å². The average Bonchev–Trinajstić information content (AvgIpc) is 3.19. The van der Waals surface area contributed by atoms with Gasteiger partial charge in [-0.15, -0.1) is 0 Å². The van der Waals surface area contributed by atoms with Gasteiger partial charge in [0.15, 0.2) is 6.10 Å². The van der Waals surface area contributed by atoms with E-state index in [2.05, 4.69) is 55.5 Å². The highest BCUT2D eigenvalue weighted by molar-refractivity contribution is 7.47. The highest BCUT2D eigenvalue weighted by Gasteiger charge is 2.27. The van der Waals surface area contributed by atoms with Crippen LogP contribution in [0.4, 0.5) is 0 Å². The molecule has 338 valence electrons. The molecule has 0 radical (unpaired) electrons. The molecule has 0 amide bonds. The normalized spacial score (nSPS) is 15.8. The van der Waals surface area contributed by atoms with E-state index in [9.17, 15) is 29.3 Å². The van der Waals surface area contributed by atoms with Crippen LogP contribution in [0.3, 0.4) is 0 Å². The van der Waals surface area contributed by atoms with Gasteiger partial charge in [-0.2, -0.15) is 0 Å². The molecule has 1 unspecified atom stereocenters. The number of quaternary nitrogens is 1. The van der Waals surface area contributed by atoms with Gasteiger partial charge in [-0.25, -0.2) is 4.57 Å². The third-order valence-electron chi connectivity index (χ3n) is 8.17. The number of allylic oxidation sites excluding steroid dienone is 16. The maximum Gasteiger partial charge on any atom is 0.472 e. The summed E-state index contributed by atoms with van der Waals surface area (Å²) in [7, 11) is 1.32. The molecule has 0 aromatic carbocycles. The smallest absolute Gasteiger partial charge is 0.462 e. The molecule has 0 aliphatic carbocycles. The summed E-state index contributed by atoms with van der Waals surface area (Å²) in [6.07, 6.45) is 46.2. The Bertz CT molecular complexity index is 1470. The Balaban J connectivity index is 4.70. The van der Waals surface area contributed by atoms with Crippen LogP contribution in [0.25, 0.3) is 0 Å². The van der Waals surface area contributed by atoms with E-state index in [0.717, 1.165) is 44.9 Å². The lowest BCUT2D eigenvalue weighted by Gasteiger charge is -2.24. The van der Waals surface area contributed by atoms with Crippen molar-refractivity contribution in [2.75, 3.05) is 47.5 Å². The number of carbonyl (C=O) groups excluding carboxylic acids is 2. The van der Waals surface area contributed by atoms with Gasteiger partial charge in [-0.3, -0.25) is 18.6 Å². The summed E-state index contributed by atoms with van der Waals surface area (Å²) in [4.78, 5) is 35.3. The summed E-state index contributed by atoms with van der Waals surface area (Å²) >= 11 is 0. The lowest BCUT2D eigenvalue weighted by atomic mass is 10.2. The molecule has 0 aromatic heterocycles. The predicted octanol–water partition coefficient (Wildman–Crippen LogP) is 10.1. The van der Waals surface area contributed by atoms with Crippen molar-refractivity contribution in [1.82, 2.24) is 0 Å². The molecule has 0 aromatic rings. The molecule has 0 aliphatic rings. The fourth-order valence-electron chi connectivity index (χ4n) is 4.79. The van der Waals surface area contributed by atoms with Gasteiger partial charge in [-0.1, -0.05) is 135 Å². The van der Waals surface area contributed by atoms with Gasteiger partial charge in [0.1, 0.15) is 19.8 Å². The molecular formula is C48H77NO10P+. The molecule has 60 heavy (non-hydrogen) atoms. The maximum absolute atomic E-state index is 12.7. The molecule has 0 saturated heterocycles. The Morgan fingerprint density at radius 1 is 0.600 bits per heavy atom. The topological polar surface area (TPSA) is 149 Å². The largest absolute Gasteiger partial charge is 0.472 e. The number of aliphatic hydroxyl groups excluding tert-OH is 2. The number of unbranched alkanes of at least 4 members (excludes halogenated alkanes) is 2. The third-order valence-corrected chi connectivity index (χ3v) is 9.15. The molecule has 0 fully saturated rings. The molecule has 4 atom stereocenters. The minimum Gasteiger partial charge on any atom is -0.462 e. The number of rotatable bonds is 36. The summed E-state index contributed by atoms with van der Waals surface area (Å²) in [5.41, 5.74) is 0. The maximum atomic E-state index is 12.7. The molecule has 11 nitrogen and oxygen atoms in total. The first-order valence-corrected chi connectivity index (χ1v) is 23.0. The van der Waals surface area contributed by atoms with Crippen LogP contribution >= 0.6 is 7.82 Å². The Kier molecular flexibility index (Phi) is 35.9. The average molecular weight is 859 g/mol. The minimum atomic E-state index is -4.44. The third kappa shape index (κ3) is 41.1. The van der Waals surface area contributed by atoms with E-state index >= 15 is 0 Å². The van der Waals surface area contributed by atoms with Crippen molar-refractivity contribution in [2.24, 2.45) is 0 Å². The van der Waals surface area contributed by atoms with Crippen molar-refractivity contribution >= 4 is 19.8 Å². The number of aliphatic hydroxyl groups is 2. The first-order valence-electron chi connectivity index (χ1n) is 21.5. The van der Waals surface area contributed by atoms with Crippen LogP contribution in [0, 0.1) is 0 Å². The zero-order chi connectivity index (χ0) is 44.6. The summed E-state index contributed by atoms with van der Waals surface area (Å²) in [5.74, 6) is -1.03.